The van der Waals surface area contributed by atoms with E-state index in [2.05, 4.69) is 241 Å². The molecule has 10 rings (SSSR count). The zero-order valence-corrected chi connectivity index (χ0v) is 32.0. The van der Waals surface area contributed by atoms with Gasteiger partial charge >= 0.3 is 0 Å². The van der Waals surface area contributed by atoms with Gasteiger partial charge in [0.25, 0.3) is 0 Å². The predicted octanol–water partition coefficient (Wildman–Crippen LogP) is 11.2. The molecule has 0 amide bonds. The summed E-state index contributed by atoms with van der Waals surface area (Å²) in [7, 11) is -3.02. The Morgan fingerprint density at radius 2 is 0.643 bits per heavy atom. The average molecular weight is 730 g/mol. The minimum Gasteiger partial charge on any atom is -0.308 e. The molecule has 1 nitrogen and oxygen atoms in total. The zero-order valence-electron chi connectivity index (χ0n) is 31.0. The molecule has 0 bridgehead atoms. The van der Waals surface area contributed by atoms with Crippen LogP contribution in [0.15, 0.2) is 237 Å². The van der Waals surface area contributed by atoms with E-state index in [1.165, 1.54) is 81.6 Å². The van der Waals surface area contributed by atoms with Crippen LogP contribution in [0.2, 0.25) is 0 Å². The summed E-state index contributed by atoms with van der Waals surface area (Å²) in [5.41, 5.74) is 10.8. The molecule has 264 valence electrons. The van der Waals surface area contributed by atoms with Gasteiger partial charge in [0, 0.05) is 21.9 Å². The lowest BCUT2D eigenvalue weighted by Gasteiger charge is -2.36. The second-order valence-electron chi connectivity index (χ2n) is 14.5. The summed E-state index contributed by atoms with van der Waals surface area (Å²) in [6.45, 7) is 0. The molecule has 2 heteroatoms. The van der Waals surface area contributed by atoms with Crippen molar-refractivity contribution in [2.45, 2.75) is 0 Å². The fraction of sp³-hybridized carbons (Fsp3) is 0. The topological polar surface area (TPSA) is 4.93 Å². The van der Waals surface area contributed by atoms with Crippen molar-refractivity contribution in [2.75, 3.05) is 0 Å². The van der Waals surface area contributed by atoms with Crippen molar-refractivity contribution >= 4 is 50.6 Å². The zero-order chi connectivity index (χ0) is 37.3. The standard InChI is InChI=1S/C54H39NSi/c1-6-21-40(22-7-1)43-27-20-32-46(37-43)56(44-28-12-4-13-29-44,45-30-14-5-15-31-45)47-38-50(41-23-8-2-9-24-41)54(51(39-47)42-25-10-3-11-26-42)55-52-35-18-16-33-48(52)49-34-17-19-36-53(49)55/h1-39H. The van der Waals surface area contributed by atoms with Crippen LogP contribution in [0.4, 0.5) is 0 Å². The van der Waals surface area contributed by atoms with E-state index in [-0.39, 0.29) is 0 Å². The van der Waals surface area contributed by atoms with Crippen molar-refractivity contribution in [3.63, 3.8) is 0 Å². The van der Waals surface area contributed by atoms with Crippen molar-refractivity contribution in [2.24, 2.45) is 0 Å². The van der Waals surface area contributed by atoms with Crippen LogP contribution in [0.1, 0.15) is 0 Å². The SMILES string of the molecule is c1ccc(-c2cccc([Si](c3ccccc3)(c3ccccc3)c3cc(-c4ccccc4)c(-n4c5ccccc5c5ccccc54)c(-c4ccccc4)c3)c2)cc1. The highest BCUT2D eigenvalue weighted by atomic mass is 28.3. The molecular formula is C54H39NSi. The number of fused-ring (bicyclic) bond motifs is 3. The van der Waals surface area contributed by atoms with E-state index in [1.807, 2.05) is 0 Å². The molecule has 10 aromatic rings. The van der Waals surface area contributed by atoms with Crippen molar-refractivity contribution in [3.8, 4) is 39.1 Å². The summed E-state index contributed by atoms with van der Waals surface area (Å²) >= 11 is 0. The number of nitrogens with zero attached hydrogens (tertiary/aromatic N) is 1. The molecule has 0 atom stereocenters. The van der Waals surface area contributed by atoms with Gasteiger partial charge in [-0.2, -0.15) is 0 Å². The van der Waals surface area contributed by atoms with Crippen LogP contribution >= 0.6 is 0 Å². The molecule has 0 radical (unpaired) electrons. The normalized spacial score (nSPS) is 11.6. The van der Waals surface area contributed by atoms with E-state index in [0.29, 0.717) is 0 Å². The first-order chi connectivity index (χ1) is 27.8. The molecule has 0 saturated heterocycles. The quantitative estimate of drug-likeness (QED) is 0.108. The van der Waals surface area contributed by atoms with Crippen LogP contribution in [0.3, 0.4) is 0 Å². The third-order valence-electron chi connectivity index (χ3n) is 11.3. The van der Waals surface area contributed by atoms with Gasteiger partial charge in [-0.3, -0.25) is 0 Å². The van der Waals surface area contributed by atoms with E-state index in [4.69, 9.17) is 0 Å². The first-order valence-corrected chi connectivity index (χ1v) is 21.4. The number of rotatable bonds is 8. The number of aromatic nitrogens is 1. The largest absolute Gasteiger partial charge is 0.308 e. The number of para-hydroxylation sites is 2. The Morgan fingerprint density at radius 1 is 0.268 bits per heavy atom. The molecule has 0 N–H and O–H groups in total. The van der Waals surface area contributed by atoms with Crippen LogP contribution in [-0.2, 0) is 0 Å². The van der Waals surface area contributed by atoms with Gasteiger partial charge < -0.3 is 4.57 Å². The van der Waals surface area contributed by atoms with Gasteiger partial charge in [-0.05, 0) is 55.1 Å². The number of hydrogen-bond acceptors (Lipinski definition) is 0. The van der Waals surface area contributed by atoms with E-state index in [9.17, 15) is 0 Å². The molecule has 0 unspecified atom stereocenters. The summed E-state index contributed by atoms with van der Waals surface area (Å²) < 4.78 is 2.52. The summed E-state index contributed by atoms with van der Waals surface area (Å²) in [5, 5.41) is 7.87. The Kier molecular flexibility index (Phi) is 8.59. The van der Waals surface area contributed by atoms with Crippen LogP contribution in [0.25, 0.3) is 60.9 Å². The molecule has 9 aromatic carbocycles. The van der Waals surface area contributed by atoms with Crippen LogP contribution < -0.4 is 20.7 Å². The summed E-state index contributed by atoms with van der Waals surface area (Å²) in [6.07, 6.45) is 0. The van der Waals surface area contributed by atoms with Gasteiger partial charge in [0.2, 0.25) is 0 Å². The van der Waals surface area contributed by atoms with Crippen LogP contribution in [-0.4, -0.2) is 12.6 Å². The van der Waals surface area contributed by atoms with Crippen molar-refractivity contribution < 1.29 is 0 Å². The lowest BCUT2D eigenvalue weighted by molar-refractivity contribution is 1.18. The lowest BCUT2D eigenvalue weighted by atomic mass is 9.95. The molecule has 0 aliphatic carbocycles. The Balaban J connectivity index is 1.40. The van der Waals surface area contributed by atoms with Gasteiger partial charge in [0.1, 0.15) is 0 Å². The monoisotopic (exact) mass is 729 g/mol. The molecule has 0 saturated carbocycles. The molecule has 1 aromatic heterocycles. The minimum absolute atomic E-state index is 1.19. The maximum Gasteiger partial charge on any atom is 0.179 e. The third kappa shape index (κ3) is 5.62. The second kappa shape index (κ2) is 14.3. The Bertz CT molecular complexity index is 2780. The number of hydrogen-bond donors (Lipinski definition) is 0. The number of benzene rings is 9. The molecular weight excluding hydrogens is 691 g/mol. The van der Waals surface area contributed by atoms with Gasteiger partial charge in [-0.15, -0.1) is 0 Å². The van der Waals surface area contributed by atoms with Crippen molar-refractivity contribution in [3.05, 3.63) is 237 Å². The lowest BCUT2D eigenvalue weighted by Crippen LogP contribution is -2.74. The predicted molar refractivity (Wildman–Crippen MR) is 241 cm³/mol. The fourth-order valence-electron chi connectivity index (χ4n) is 8.87. The second-order valence-corrected chi connectivity index (χ2v) is 18.3. The third-order valence-corrected chi connectivity index (χ3v) is 16.1. The van der Waals surface area contributed by atoms with Crippen LogP contribution in [0, 0.1) is 0 Å². The molecule has 0 fully saturated rings. The van der Waals surface area contributed by atoms with Crippen molar-refractivity contribution in [1.82, 2.24) is 4.57 Å². The minimum atomic E-state index is -3.02. The van der Waals surface area contributed by atoms with Gasteiger partial charge in [0.05, 0.1) is 16.7 Å². The fourth-order valence-corrected chi connectivity index (χ4v) is 13.7. The molecule has 0 aliphatic rings. The summed E-state index contributed by atoms with van der Waals surface area (Å²) in [6, 6.07) is 87.5. The molecule has 0 spiro atoms. The maximum atomic E-state index is 2.54. The average Bonchev–Trinajstić information content (AvgIpc) is 3.62. The summed E-state index contributed by atoms with van der Waals surface area (Å²) in [5.74, 6) is 0. The molecule has 1 heterocycles. The van der Waals surface area contributed by atoms with Crippen LogP contribution in [0.5, 0.6) is 0 Å². The highest BCUT2D eigenvalue weighted by Crippen LogP contribution is 2.41. The van der Waals surface area contributed by atoms with Crippen molar-refractivity contribution in [1.29, 1.82) is 0 Å². The maximum absolute atomic E-state index is 3.02. The first kappa shape index (κ1) is 33.6. The van der Waals surface area contributed by atoms with E-state index >= 15 is 0 Å². The molecule has 56 heavy (non-hydrogen) atoms. The van der Waals surface area contributed by atoms with Gasteiger partial charge in [-0.1, -0.05) is 224 Å². The highest BCUT2D eigenvalue weighted by Gasteiger charge is 2.42. The van der Waals surface area contributed by atoms with Gasteiger partial charge in [-0.25, -0.2) is 0 Å². The highest BCUT2D eigenvalue weighted by molar-refractivity contribution is 7.20. The van der Waals surface area contributed by atoms with E-state index in [0.717, 1.165) is 0 Å². The Morgan fingerprint density at radius 3 is 1.12 bits per heavy atom. The Hall–Kier alpha value is -7.00. The summed E-state index contributed by atoms with van der Waals surface area (Å²) in [4.78, 5) is 0. The smallest absolute Gasteiger partial charge is 0.179 e. The van der Waals surface area contributed by atoms with E-state index in [1.54, 1.807) is 0 Å². The molecule has 0 aliphatic heterocycles. The van der Waals surface area contributed by atoms with Gasteiger partial charge in [0.15, 0.2) is 8.07 Å². The first-order valence-electron chi connectivity index (χ1n) is 19.4. The van der Waals surface area contributed by atoms with E-state index < -0.39 is 8.07 Å². The Labute approximate surface area is 329 Å².